The summed E-state index contributed by atoms with van der Waals surface area (Å²) < 4.78 is 1.95. The molecule has 0 unspecified atom stereocenters. The van der Waals surface area contributed by atoms with Gasteiger partial charge in [0.05, 0.1) is 5.69 Å². The van der Waals surface area contributed by atoms with Gasteiger partial charge < -0.3 is 4.98 Å². The molecule has 0 saturated heterocycles. The highest BCUT2D eigenvalue weighted by molar-refractivity contribution is 7.98. The number of H-pyrrole nitrogens is 1. The average Bonchev–Trinajstić information content (AvgIpc) is 3.45. The molecule has 4 rings (SSSR count). The lowest BCUT2D eigenvalue weighted by molar-refractivity contribution is 0.244. The van der Waals surface area contributed by atoms with Crippen LogP contribution in [0.25, 0.3) is 10.9 Å². The molecule has 0 radical (unpaired) electrons. The van der Waals surface area contributed by atoms with Crippen molar-refractivity contribution < 1.29 is 0 Å². The molecule has 142 valence electrons. The molecule has 27 heavy (non-hydrogen) atoms. The summed E-state index contributed by atoms with van der Waals surface area (Å²) in [6, 6.07) is 8.87. The third kappa shape index (κ3) is 3.69. The minimum absolute atomic E-state index is 0.0195. The summed E-state index contributed by atoms with van der Waals surface area (Å²) in [6.07, 6.45) is 4.46. The van der Waals surface area contributed by atoms with Gasteiger partial charge in [-0.05, 0) is 56.5 Å². The molecular formula is C21H26N4OS. The second-order valence-corrected chi connectivity index (χ2v) is 8.37. The van der Waals surface area contributed by atoms with E-state index in [1.54, 1.807) is 11.8 Å². The van der Waals surface area contributed by atoms with Crippen molar-refractivity contribution in [2.45, 2.75) is 50.7 Å². The number of fused-ring (bicyclic) bond motifs is 1. The third-order valence-corrected chi connectivity index (χ3v) is 6.31. The number of thioether (sulfide) groups is 1. The van der Waals surface area contributed by atoms with Crippen LogP contribution in [0.1, 0.15) is 35.4 Å². The fourth-order valence-electron chi connectivity index (χ4n) is 3.69. The maximum Gasteiger partial charge on any atom is 0.252 e. The summed E-state index contributed by atoms with van der Waals surface area (Å²) in [5.41, 5.74) is 5.34. The first kappa shape index (κ1) is 18.3. The van der Waals surface area contributed by atoms with E-state index >= 15 is 0 Å². The fraction of sp³-hybridized carbons (Fsp3) is 0.429. The van der Waals surface area contributed by atoms with Crippen LogP contribution < -0.4 is 5.56 Å². The number of aryl methyl sites for hydroxylation is 2. The van der Waals surface area contributed by atoms with Crippen LogP contribution in [0.5, 0.6) is 0 Å². The van der Waals surface area contributed by atoms with Crippen molar-refractivity contribution >= 4 is 22.7 Å². The number of nitrogens with one attached hydrogen (secondary N) is 1. The summed E-state index contributed by atoms with van der Waals surface area (Å²) in [6.45, 7) is 5.71. The number of rotatable bonds is 6. The number of pyridine rings is 1. The van der Waals surface area contributed by atoms with E-state index in [9.17, 15) is 4.79 Å². The van der Waals surface area contributed by atoms with Crippen LogP contribution in [-0.2, 0) is 20.1 Å². The monoisotopic (exact) mass is 382 g/mol. The van der Waals surface area contributed by atoms with Crippen LogP contribution in [0.4, 0.5) is 0 Å². The Morgan fingerprint density at radius 2 is 2.04 bits per heavy atom. The van der Waals surface area contributed by atoms with Gasteiger partial charge in [0.1, 0.15) is 0 Å². The predicted molar refractivity (Wildman–Crippen MR) is 111 cm³/mol. The Kier molecular flexibility index (Phi) is 4.86. The van der Waals surface area contributed by atoms with Gasteiger partial charge in [-0.3, -0.25) is 14.4 Å². The lowest BCUT2D eigenvalue weighted by Crippen LogP contribution is -2.29. The lowest BCUT2D eigenvalue weighted by Gasteiger charge is -2.22. The first-order chi connectivity index (χ1) is 13.0. The quantitative estimate of drug-likeness (QED) is 0.660. The predicted octanol–water partition coefficient (Wildman–Crippen LogP) is 3.76. The number of benzene rings is 1. The molecule has 5 nitrogen and oxygen atoms in total. The van der Waals surface area contributed by atoms with Gasteiger partial charge in [0, 0.05) is 53.4 Å². The first-order valence-corrected chi connectivity index (χ1v) is 10.6. The largest absolute Gasteiger partial charge is 0.322 e. The third-order valence-electron chi connectivity index (χ3n) is 5.59. The second-order valence-electron chi connectivity index (χ2n) is 7.49. The Hall–Kier alpha value is -2.05. The van der Waals surface area contributed by atoms with Crippen molar-refractivity contribution in [2.75, 3.05) is 6.26 Å². The highest BCUT2D eigenvalue weighted by atomic mass is 32.2. The fourth-order valence-corrected chi connectivity index (χ4v) is 4.13. The van der Waals surface area contributed by atoms with Crippen LogP contribution in [0.15, 0.2) is 34.0 Å². The molecule has 1 saturated carbocycles. The highest BCUT2D eigenvalue weighted by Crippen LogP contribution is 2.31. The maximum atomic E-state index is 12.7. The van der Waals surface area contributed by atoms with E-state index in [0.717, 1.165) is 33.6 Å². The van der Waals surface area contributed by atoms with Crippen molar-refractivity contribution in [3.63, 3.8) is 0 Å². The van der Waals surface area contributed by atoms with Gasteiger partial charge in [-0.1, -0.05) is 6.07 Å². The molecule has 0 spiro atoms. The van der Waals surface area contributed by atoms with Crippen LogP contribution >= 0.6 is 11.8 Å². The van der Waals surface area contributed by atoms with Gasteiger partial charge in [0.2, 0.25) is 0 Å². The molecular weight excluding hydrogens is 356 g/mol. The maximum absolute atomic E-state index is 12.7. The van der Waals surface area contributed by atoms with E-state index < -0.39 is 0 Å². The molecule has 2 aromatic heterocycles. The molecule has 1 aromatic carbocycles. The van der Waals surface area contributed by atoms with Crippen LogP contribution in [0.2, 0.25) is 0 Å². The molecule has 1 fully saturated rings. The molecule has 1 N–H and O–H groups in total. The van der Waals surface area contributed by atoms with Crippen LogP contribution in [0, 0.1) is 13.8 Å². The summed E-state index contributed by atoms with van der Waals surface area (Å²) in [4.78, 5) is 19.4. The van der Waals surface area contributed by atoms with Gasteiger partial charge in [-0.15, -0.1) is 11.8 Å². The number of aromatic nitrogens is 3. The van der Waals surface area contributed by atoms with E-state index in [4.69, 9.17) is 0 Å². The molecule has 0 amide bonds. The molecule has 2 heterocycles. The molecule has 1 aliphatic rings. The van der Waals surface area contributed by atoms with Crippen molar-refractivity contribution in [1.82, 2.24) is 19.7 Å². The van der Waals surface area contributed by atoms with E-state index in [-0.39, 0.29) is 5.56 Å². The van der Waals surface area contributed by atoms with Gasteiger partial charge in [0.25, 0.3) is 5.56 Å². The molecule has 0 aliphatic heterocycles. The van der Waals surface area contributed by atoms with E-state index in [1.165, 1.54) is 24.1 Å². The van der Waals surface area contributed by atoms with Gasteiger partial charge >= 0.3 is 0 Å². The summed E-state index contributed by atoms with van der Waals surface area (Å²) in [5, 5.41) is 5.64. The van der Waals surface area contributed by atoms with E-state index in [2.05, 4.69) is 47.0 Å². The lowest BCUT2D eigenvalue weighted by atomic mass is 10.1. The molecule has 0 atom stereocenters. The number of hydrogen-bond acceptors (Lipinski definition) is 4. The summed E-state index contributed by atoms with van der Waals surface area (Å²) in [7, 11) is 1.99. The number of hydrogen-bond donors (Lipinski definition) is 1. The van der Waals surface area contributed by atoms with Gasteiger partial charge in [0.15, 0.2) is 0 Å². The van der Waals surface area contributed by atoms with Crippen molar-refractivity contribution in [2.24, 2.45) is 7.05 Å². The first-order valence-electron chi connectivity index (χ1n) is 9.39. The Balaban J connectivity index is 1.64. The Labute approximate surface area is 163 Å². The zero-order valence-corrected chi connectivity index (χ0v) is 17.2. The SMILES string of the molecule is CSc1ccc2cc(CN(Cc3c(C)nn(C)c3C)C3CC3)c(=O)[nH]c2c1. The van der Waals surface area contributed by atoms with Crippen molar-refractivity contribution in [3.05, 3.63) is 57.1 Å². The summed E-state index contributed by atoms with van der Waals surface area (Å²) >= 11 is 1.68. The minimum atomic E-state index is 0.0195. The smallest absolute Gasteiger partial charge is 0.252 e. The topological polar surface area (TPSA) is 53.9 Å². The standard InChI is InChI=1S/C21H26N4OS/c1-13-19(14(2)24(3)23-13)12-25(17-6-7-17)11-16-9-15-5-8-18(27-4)10-20(15)22-21(16)26/h5,8-10,17H,6-7,11-12H2,1-4H3,(H,22,26). The second kappa shape index (κ2) is 7.17. The van der Waals surface area contributed by atoms with Crippen molar-refractivity contribution in [3.8, 4) is 0 Å². The van der Waals surface area contributed by atoms with Crippen molar-refractivity contribution in [1.29, 1.82) is 0 Å². The van der Waals surface area contributed by atoms with Crippen LogP contribution in [-0.4, -0.2) is 32.0 Å². The Bertz CT molecular complexity index is 1050. The zero-order valence-electron chi connectivity index (χ0n) is 16.4. The Morgan fingerprint density at radius 1 is 1.26 bits per heavy atom. The molecule has 6 heteroatoms. The molecule has 1 aliphatic carbocycles. The average molecular weight is 383 g/mol. The molecule has 0 bridgehead atoms. The zero-order chi connectivity index (χ0) is 19.1. The van der Waals surface area contributed by atoms with Gasteiger partial charge in [-0.25, -0.2) is 0 Å². The van der Waals surface area contributed by atoms with Gasteiger partial charge in [-0.2, -0.15) is 5.10 Å². The number of nitrogens with zero attached hydrogens (tertiary/aromatic N) is 3. The highest BCUT2D eigenvalue weighted by Gasteiger charge is 2.30. The summed E-state index contributed by atoms with van der Waals surface area (Å²) in [5.74, 6) is 0. The van der Waals surface area contributed by atoms with E-state index in [1.807, 2.05) is 24.1 Å². The number of aromatic amines is 1. The Morgan fingerprint density at radius 3 is 2.67 bits per heavy atom. The van der Waals surface area contributed by atoms with E-state index in [0.29, 0.717) is 12.6 Å². The van der Waals surface area contributed by atoms with Crippen LogP contribution in [0.3, 0.4) is 0 Å². The molecule has 3 aromatic rings. The normalized spacial score (nSPS) is 14.4. The minimum Gasteiger partial charge on any atom is -0.322 e.